The van der Waals surface area contributed by atoms with E-state index in [9.17, 15) is 39.0 Å². The highest BCUT2D eigenvalue weighted by molar-refractivity contribution is 9.09. The first-order chi connectivity index (χ1) is 31.4. The summed E-state index contributed by atoms with van der Waals surface area (Å²) in [6.45, 7) is 11.0. The third-order valence-corrected chi connectivity index (χ3v) is 15.5. The molecular formula is C46H65BrClN5O13S. The smallest absolute Gasteiger partial charge is 0.409 e. The summed E-state index contributed by atoms with van der Waals surface area (Å²) < 4.78 is 28.8. The Morgan fingerprint density at radius 2 is 1.88 bits per heavy atom. The number of amides is 5. The van der Waals surface area contributed by atoms with Crippen LogP contribution in [0.25, 0.3) is 0 Å². The Kier molecular flexibility index (Phi) is 18.1. The number of epoxide rings is 1. The molecule has 4 N–H and O–H groups in total. The predicted octanol–water partition coefficient (Wildman–Crippen LogP) is 4.24. The van der Waals surface area contributed by atoms with Crippen LogP contribution in [-0.2, 0) is 49.3 Å². The summed E-state index contributed by atoms with van der Waals surface area (Å²) in [6, 6.07) is 2.43. The first kappa shape index (κ1) is 54.2. The van der Waals surface area contributed by atoms with Crippen LogP contribution in [-0.4, -0.2) is 160 Å². The van der Waals surface area contributed by atoms with E-state index in [2.05, 4.69) is 26.6 Å². The predicted molar refractivity (Wildman–Crippen MR) is 255 cm³/mol. The number of methoxy groups -OCH3 is 2. The maximum atomic E-state index is 14.3. The van der Waals surface area contributed by atoms with Gasteiger partial charge < -0.3 is 43.7 Å². The van der Waals surface area contributed by atoms with Crippen molar-refractivity contribution in [1.29, 1.82) is 0 Å². The molecule has 2 unspecified atom stereocenters. The molecular weight excluding hydrogens is 978 g/mol. The molecule has 67 heavy (non-hydrogen) atoms. The number of likely N-dealkylation sites (tertiary alicyclic amines) is 1. The molecule has 1 aromatic carbocycles. The number of anilines is 1. The Morgan fingerprint density at radius 3 is 2.54 bits per heavy atom. The number of carbonyl (C=O) groups excluding carboxylic acids is 6. The lowest BCUT2D eigenvalue weighted by Crippen LogP contribution is -2.63. The van der Waals surface area contributed by atoms with E-state index in [0.717, 1.165) is 11.1 Å². The normalized spacial score (nSPS) is 30.3. The van der Waals surface area contributed by atoms with Crippen molar-refractivity contribution in [3.05, 3.63) is 46.5 Å². The third kappa shape index (κ3) is 12.9. The monoisotopic (exact) mass is 1040 g/mol. The molecule has 4 aliphatic rings. The zero-order valence-corrected chi connectivity index (χ0v) is 42.9. The summed E-state index contributed by atoms with van der Waals surface area (Å²) in [5.41, 5.74) is -1.14. The quantitative estimate of drug-likeness (QED) is 0.0634. The number of fused-ring (bicyclic) bond motifs is 5. The van der Waals surface area contributed by atoms with Gasteiger partial charge in [0.2, 0.25) is 23.6 Å². The largest absolute Gasteiger partial charge is 0.495 e. The number of likely N-dealkylation sites (N-methyl/N-ethyl adjacent to an activating group) is 1. The van der Waals surface area contributed by atoms with Crippen molar-refractivity contribution in [2.45, 2.75) is 138 Å². The summed E-state index contributed by atoms with van der Waals surface area (Å²) in [6.07, 6.45) is 0.0140. The highest BCUT2D eigenvalue weighted by Gasteiger charge is 2.64. The van der Waals surface area contributed by atoms with Gasteiger partial charge in [0.15, 0.2) is 5.72 Å². The summed E-state index contributed by atoms with van der Waals surface area (Å²) in [5, 5.41) is 26.8. The number of hydrogen-bond acceptors (Lipinski definition) is 15. The van der Waals surface area contributed by atoms with Crippen molar-refractivity contribution in [3.63, 3.8) is 0 Å². The Balaban J connectivity index is 1.34. The molecule has 0 aromatic heterocycles. The van der Waals surface area contributed by atoms with Crippen LogP contribution < -0.4 is 20.3 Å². The first-order valence-electron chi connectivity index (χ1n) is 22.2. The minimum Gasteiger partial charge on any atom is -0.495 e. The van der Waals surface area contributed by atoms with Crippen LogP contribution >= 0.6 is 39.3 Å². The highest BCUT2D eigenvalue weighted by Crippen LogP contribution is 2.49. The lowest BCUT2D eigenvalue weighted by molar-refractivity contribution is -0.162. The number of imide groups is 1. The van der Waals surface area contributed by atoms with Gasteiger partial charge in [-0.05, 0) is 51.3 Å². The number of esters is 1. The number of aliphatic hydroxyl groups excluding tert-OH is 1. The van der Waals surface area contributed by atoms with E-state index in [1.807, 2.05) is 26.8 Å². The summed E-state index contributed by atoms with van der Waals surface area (Å²) in [7, 11) is 5.92. The number of halogens is 2. The number of aliphatic hydroxyl groups is 2. The van der Waals surface area contributed by atoms with Gasteiger partial charge in [-0.2, -0.15) is 0 Å². The van der Waals surface area contributed by atoms with Gasteiger partial charge >= 0.3 is 12.1 Å². The molecule has 0 radical (unpaired) electrons. The number of alkyl halides is 1. The minimum absolute atomic E-state index is 0.00774. The Labute approximate surface area is 409 Å². The molecule has 1 aromatic rings. The number of allylic oxidation sites excluding steroid dienone is 3. The van der Waals surface area contributed by atoms with Crippen LogP contribution in [0.2, 0.25) is 5.02 Å². The van der Waals surface area contributed by atoms with E-state index in [1.165, 1.54) is 54.7 Å². The van der Waals surface area contributed by atoms with Gasteiger partial charge in [-0.15, -0.1) is 11.8 Å². The Morgan fingerprint density at radius 1 is 1.18 bits per heavy atom. The van der Waals surface area contributed by atoms with Gasteiger partial charge in [0.25, 0.3) is 0 Å². The van der Waals surface area contributed by atoms with E-state index in [0.29, 0.717) is 29.6 Å². The number of alkyl carbamates (subject to hydrolysis) is 1. The van der Waals surface area contributed by atoms with Crippen molar-refractivity contribution in [2.24, 2.45) is 5.92 Å². The third-order valence-electron chi connectivity index (χ3n) is 13.0. The van der Waals surface area contributed by atoms with Crippen molar-refractivity contribution < 1.29 is 62.7 Å². The molecule has 0 spiro atoms. The summed E-state index contributed by atoms with van der Waals surface area (Å²) in [4.78, 5) is 84.9. The van der Waals surface area contributed by atoms with Crippen molar-refractivity contribution in [3.8, 4) is 5.75 Å². The second-order valence-corrected chi connectivity index (χ2v) is 21.4. The average Bonchev–Trinajstić information content (AvgIpc) is 3.90. The van der Waals surface area contributed by atoms with Crippen LogP contribution in [0.4, 0.5) is 10.5 Å². The summed E-state index contributed by atoms with van der Waals surface area (Å²) >= 11 is 11.3. The molecule has 5 rings (SSSR count). The van der Waals surface area contributed by atoms with Crippen molar-refractivity contribution in [1.82, 2.24) is 20.4 Å². The van der Waals surface area contributed by atoms with Crippen LogP contribution in [0.1, 0.15) is 79.2 Å². The lowest BCUT2D eigenvalue weighted by Gasteiger charge is -2.42. The molecule has 5 amide bonds. The highest BCUT2D eigenvalue weighted by atomic mass is 79.9. The molecule has 3 fully saturated rings. The number of hydrogen-bond donors (Lipinski definition) is 4. The molecule has 4 heterocycles. The number of nitrogens with one attached hydrogen (secondary N) is 2. The maximum Gasteiger partial charge on any atom is 0.409 e. The molecule has 4 aliphatic heterocycles. The first-order valence-corrected chi connectivity index (χ1v) is 24.6. The van der Waals surface area contributed by atoms with E-state index in [-0.39, 0.29) is 61.5 Å². The number of benzene rings is 1. The zero-order valence-electron chi connectivity index (χ0n) is 39.8. The van der Waals surface area contributed by atoms with Crippen LogP contribution in [0.5, 0.6) is 5.75 Å². The number of rotatable bonds is 15. The molecule has 10 atom stereocenters. The Hall–Kier alpha value is -3.76. The number of nitrogens with zero attached hydrogens (tertiary/aromatic N) is 3. The van der Waals surface area contributed by atoms with Crippen LogP contribution in [0.3, 0.4) is 0 Å². The molecule has 372 valence electrons. The zero-order chi connectivity index (χ0) is 49.8. The minimum atomic E-state index is -1.87. The van der Waals surface area contributed by atoms with Gasteiger partial charge in [-0.3, -0.25) is 34.7 Å². The fourth-order valence-corrected chi connectivity index (χ4v) is 10.6. The SMILES string of the molecule is COc1cc2cc(c1Cl)N(C)C(=O)C[C@H](OC(=O)[C@H](C)N(C)C(=O)CCC(C)(C)SC1CC(=O)N(CCNC(O)CBr)C1=O)[C@]1(C)O[C@H]1[C@H](C)[C@@H]1C[C@@](O)(NC(=O)O1)[C@H](OC)/C=C/C=C(\C)C2. The second kappa shape index (κ2) is 22.3. The van der Waals surface area contributed by atoms with Gasteiger partial charge in [0, 0.05) is 69.6 Å². The van der Waals surface area contributed by atoms with Crippen molar-refractivity contribution in [2.75, 3.05) is 51.6 Å². The number of carbonyl (C=O) groups is 6. The molecule has 0 aliphatic carbocycles. The van der Waals surface area contributed by atoms with Crippen molar-refractivity contribution >= 4 is 80.7 Å². The fraction of sp³-hybridized carbons (Fsp3) is 0.652. The molecule has 3 saturated heterocycles. The van der Waals surface area contributed by atoms with E-state index in [1.54, 1.807) is 45.2 Å². The van der Waals surface area contributed by atoms with Gasteiger partial charge in [0.1, 0.15) is 47.0 Å². The van der Waals surface area contributed by atoms with Crippen LogP contribution in [0, 0.1) is 5.92 Å². The van der Waals surface area contributed by atoms with E-state index in [4.69, 9.17) is 35.3 Å². The topological polar surface area (TPSA) is 226 Å². The van der Waals surface area contributed by atoms with Gasteiger partial charge in [-0.1, -0.05) is 72.1 Å². The van der Waals surface area contributed by atoms with Gasteiger partial charge in [0.05, 0.1) is 30.6 Å². The second-order valence-electron chi connectivity index (χ2n) is 18.5. The lowest BCUT2D eigenvalue weighted by atomic mass is 9.83. The molecule has 4 bridgehead atoms. The van der Waals surface area contributed by atoms with E-state index >= 15 is 0 Å². The van der Waals surface area contributed by atoms with E-state index < -0.39 is 81.9 Å². The summed E-state index contributed by atoms with van der Waals surface area (Å²) in [5.74, 6) is -2.53. The molecule has 18 nitrogen and oxygen atoms in total. The van der Waals surface area contributed by atoms with Gasteiger partial charge in [-0.25, -0.2) is 9.59 Å². The fourth-order valence-electron chi connectivity index (χ4n) is 8.62. The van der Waals surface area contributed by atoms with Crippen LogP contribution in [0.15, 0.2) is 35.9 Å². The molecule has 0 saturated carbocycles. The maximum absolute atomic E-state index is 14.3. The average molecular weight is 1040 g/mol. The molecule has 21 heteroatoms. The standard InChI is InChI=1S/C46H65BrClN5O13S/c1-25-12-11-13-33(63-10)46(61)23-31(64-43(60)50-46)26(2)40-45(6,66-40)34(22-37(56)52(8)29-19-28(18-25)20-30(62-9)39(29)48)65-42(59)27(3)51(7)36(55)14-15-44(4,5)67-32-21-38(57)53(41(32)58)17-16-49-35(54)24-47/h11-13,19-20,26-27,31-35,40,49,54,61H,14-18,21-24H2,1-10H3,(H,50,60)/b13-11+,25-12+/t26-,27+,31+,32?,33-,34+,35?,40+,45+,46+/m1/s1. The Bertz CT molecular complexity index is 2110. The number of thioether (sulfide) groups is 1. The number of ether oxygens (including phenoxy) is 5.